The Morgan fingerprint density at radius 2 is 0.868 bits per heavy atom. The van der Waals surface area contributed by atoms with Gasteiger partial charge in [-0.15, -0.1) is 24.8 Å². The van der Waals surface area contributed by atoms with Crippen LogP contribution in [0.5, 0.6) is 0 Å². The van der Waals surface area contributed by atoms with E-state index < -0.39 is 0 Å². The van der Waals surface area contributed by atoms with E-state index in [4.69, 9.17) is 9.47 Å². The number of benzene rings is 2. The molecule has 2 aromatic carbocycles. The van der Waals surface area contributed by atoms with Crippen LogP contribution in [0.15, 0.2) is 60.7 Å². The molecule has 0 bridgehead atoms. The molecule has 2 rings (SSSR count). The van der Waals surface area contributed by atoms with Gasteiger partial charge in [-0.1, -0.05) is 108 Å². The first-order chi connectivity index (χ1) is 17.9. The van der Waals surface area contributed by atoms with Crippen molar-refractivity contribution in [3.05, 3.63) is 71.8 Å². The van der Waals surface area contributed by atoms with Crippen molar-refractivity contribution in [3.63, 3.8) is 0 Å². The van der Waals surface area contributed by atoms with E-state index in [9.17, 15) is 0 Å². The minimum atomic E-state index is 0. The van der Waals surface area contributed by atoms with Gasteiger partial charge in [0.1, 0.15) is 0 Å². The van der Waals surface area contributed by atoms with Crippen molar-refractivity contribution in [2.24, 2.45) is 0 Å². The fraction of sp³-hybridized carbons (Fsp3) is 0.600. The molecule has 0 fully saturated rings. The van der Waals surface area contributed by atoms with E-state index in [1.54, 1.807) is 0 Å². The van der Waals surface area contributed by atoms with E-state index in [2.05, 4.69) is 59.2 Å². The first-order valence-electron chi connectivity index (χ1n) is 13.8. The Morgan fingerprint density at radius 3 is 1.29 bits per heavy atom. The Kier molecular flexibility index (Phi) is 29.2. The van der Waals surface area contributed by atoms with E-state index in [-0.39, 0.29) is 24.8 Å². The van der Waals surface area contributed by atoms with Crippen LogP contribution in [0.3, 0.4) is 0 Å². The Morgan fingerprint density at radius 1 is 0.474 bits per heavy atom. The van der Waals surface area contributed by atoms with Gasteiger partial charge in [0, 0.05) is 37.8 Å². The maximum atomic E-state index is 5.74. The number of unbranched alkanes of at least 4 members (excludes halogenated alkanes) is 6. The predicted octanol–water partition coefficient (Wildman–Crippen LogP) is 7.95. The second kappa shape index (κ2) is 29.5. The monoisotopic (exact) mass is 604 g/mol. The fourth-order valence-corrected chi connectivity index (χ4v) is 5.64. The normalized spacial score (nSPS) is 10.6. The van der Waals surface area contributed by atoms with Crippen LogP contribution in [0.1, 0.15) is 62.5 Å². The molecule has 0 radical (unpaired) electrons. The molecule has 0 aromatic heterocycles. The quantitative estimate of drug-likeness (QED) is 0.0885. The third kappa shape index (κ3) is 23.4. The third-order valence-electron chi connectivity index (χ3n) is 5.82. The number of rotatable bonds is 25. The number of halogens is 2. The van der Waals surface area contributed by atoms with Gasteiger partial charge in [0.15, 0.2) is 0 Å². The molecule has 2 aromatic rings. The van der Waals surface area contributed by atoms with Gasteiger partial charge in [0.05, 0.1) is 13.2 Å². The highest BCUT2D eigenvalue weighted by Gasteiger charge is 1.96. The lowest BCUT2D eigenvalue weighted by molar-refractivity contribution is 0.116. The predicted molar refractivity (Wildman–Crippen MR) is 174 cm³/mol. The topological polar surface area (TPSA) is 42.5 Å². The molecule has 0 aliphatic carbocycles. The summed E-state index contributed by atoms with van der Waals surface area (Å²) in [6, 6.07) is 20.8. The molecule has 218 valence electrons. The molecule has 0 atom stereocenters. The van der Waals surface area contributed by atoms with Crippen LogP contribution in [0.2, 0.25) is 0 Å². The second-order valence-electron chi connectivity index (χ2n) is 9.05. The number of nitrogens with one attached hydrogen (secondary N) is 2. The fourth-order valence-electron chi connectivity index (χ4n) is 3.74. The second-order valence-corrected chi connectivity index (χ2v) is 11.8. The minimum Gasteiger partial charge on any atom is -0.377 e. The number of hydrogen-bond acceptors (Lipinski definition) is 6. The van der Waals surface area contributed by atoms with Gasteiger partial charge < -0.3 is 20.1 Å². The van der Waals surface area contributed by atoms with Crippen LogP contribution >= 0.6 is 46.4 Å². The van der Waals surface area contributed by atoms with Crippen LogP contribution in [-0.4, -0.2) is 50.9 Å². The van der Waals surface area contributed by atoms with Crippen LogP contribution in [0.25, 0.3) is 0 Å². The molecule has 0 saturated heterocycles. The zero-order valence-corrected chi connectivity index (χ0v) is 26.2. The number of ether oxygens (including phenoxy) is 2. The average Bonchev–Trinajstić information content (AvgIpc) is 2.92. The van der Waals surface area contributed by atoms with E-state index in [1.807, 2.05) is 33.7 Å². The van der Waals surface area contributed by atoms with Crippen molar-refractivity contribution in [3.8, 4) is 0 Å². The first-order valence-corrected chi connectivity index (χ1v) is 16.3. The zero-order chi connectivity index (χ0) is 25.2. The molecule has 2 N–H and O–H groups in total. The summed E-state index contributed by atoms with van der Waals surface area (Å²) in [5.41, 5.74) is 2.52. The summed E-state index contributed by atoms with van der Waals surface area (Å²) in [5, 5.41) is 7.14. The van der Waals surface area contributed by atoms with Crippen molar-refractivity contribution in [2.75, 3.05) is 50.9 Å². The molecular weight excluding hydrogens is 555 g/mol. The smallest absolute Gasteiger partial charge is 0.0716 e. The highest BCUT2D eigenvalue weighted by Crippen LogP contribution is 2.19. The average molecular weight is 606 g/mol. The van der Waals surface area contributed by atoms with Crippen LogP contribution in [-0.2, 0) is 22.7 Å². The van der Waals surface area contributed by atoms with Crippen LogP contribution < -0.4 is 10.6 Å². The summed E-state index contributed by atoms with van der Waals surface area (Å²) in [5.74, 6) is 2.37. The van der Waals surface area contributed by atoms with E-state index >= 15 is 0 Å². The van der Waals surface area contributed by atoms with Crippen molar-refractivity contribution in [1.29, 1.82) is 0 Å². The molecule has 0 unspecified atom stereocenters. The molecule has 0 aliphatic rings. The van der Waals surface area contributed by atoms with Crippen LogP contribution in [0.4, 0.5) is 0 Å². The molecule has 0 saturated carbocycles. The maximum absolute atomic E-state index is 5.74. The Bertz CT molecular complexity index is 656. The molecule has 8 heteroatoms. The summed E-state index contributed by atoms with van der Waals surface area (Å²) in [7, 11) is 3.98. The van der Waals surface area contributed by atoms with Crippen LogP contribution in [0, 0.1) is 0 Å². The van der Waals surface area contributed by atoms with Crippen molar-refractivity contribution in [2.45, 2.75) is 64.6 Å². The molecule has 0 heterocycles. The lowest BCUT2D eigenvalue weighted by Gasteiger charge is -2.07. The first kappa shape index (κ1) is 37.6. The Balaban J connectivity index is 0.00000684. The van der Waals surface area contributed by atoms with Gasteiger partial charge in [-0.3, -0.25) is 0 Å². The van der Waals surface area contributed by atoms with Gasteiger partial charge in [0.2, 0.25) is 0 Å². The van der Waals surface area contributed by atoms with E-state index in [0.29, 0.717) is 0 Å². The summed E-state index contributed by atoms with van der Waals surface area (Å²) >= 11 is 0. The SMILES string of the molecule is Cl.Cl.c1ccc(COCCCCCCNCCSSCCNCCCCCCOCc2ccccc2)cc1. The molecular formula is C30H50Cl2N2O2S2. The maximum Gasteiger partial charge on any atom is 0.0716 e. The molecule has 0 amide bonds. The summed E-state index contributed by atoms with van der Waals surface area (Å²) in [6.45, 7) is 7.71. The summed E-state index contributed by atoms with van der Waals surface area (Å²) in [4.78, 5) is 0. The van der Waals surface area contributed by atoms with Crippen molar-refractivity contribution >= 4 is 46.4 Å². The van der Waals surface area contributed by atoms with Crippen molar-refractivity contribution in [1.82, 2.24) is 10.6 Å². The Labute approximate surface area is 252 Å². The zero-order valence-electron chi connectivity index (χ0n) is 23.0. The van der Waals surface area contributed by atoms with Gasteiger partial charge >= 0.3 is 0 Å². The molecule has 38 heavy (non-hydrogen) atoms. The van der Waals surface area contributed by atoms with Gasteiger partial charge in [-0.05, 0) is 49.9 Å². The van der Waals surface area contributed by atoms with Gasteiger partial charge in [0.25, 0.3) is 0 Å². The summed E-state index contributed by atoms with van der Waals surface area (Å²) in [6.07, 6.45) is 9.96. The van der Waals surface area contributed by atoms with E-state index in [0.717, 1.165) is 65.4 Å². The third-order valence-corrected chi connectivity index (χ3v) is 8.22. The Hall–Kier alpha value is -0.440. The van der Waals surface area contributed by atoms with Gasteiger partial charge in [-0.25, -0.2) is 0 Å². The molecule has 4 nitrogen and oxygen atoms in total. The highest BCUT2D eigenvalue weighted by molar-refractivity contribution is 8.76. The molecule has 0 spiro atoms. The lowest BCUT2D eigenvalue weighted by atomic mass is 10.2. The lowest BCUT2D eigenvalue weighted by Crippen LogP contribution is -2.19. The van der Waals surface area contributed by atoms with E-state index in [1.165, 1.54) is 61.2 Å². The van der Waals surface area contributed by atoms with Crippen molar-refractivity contribution < 1.29 is 9.47 Å². The number of hydrogen-bond donors (Lipinski definition) is 2. The van der Waals surface area contributed by atoms with Gasteiger partial charge in [-0.2, -0.15) is 0 Å². The summed E-state index contributed by atoms with van der Waals surface area (Å²) < 4.78 is 11.5. The largest absolute Gasteiger partial charge is 0.377 e. The standard InChI is InChI=1S/C30H48N2O2S2.2ClH/c1(3-13-23-33-27-29-15-7-5-8-16-29)11-19-31-21-25-35-36-26-22-32-20-12-2-4-14-24-34-28-30-17-9-6-10-18-30;;/h5-10,15-18,31-32H,1-4,11-14,19-28H2;2*1H. The minimum absolute atomic E-state index is 0. The molecule has 0 aliphatic heterocycles. The highest BCUT2D eigenvalue weighted by atomic mass is 35.5.